The van der Waals surface area contributed by atoms with E-state index in [-0.39, 0.29) is 22.2 Å². The Morgan fingerprint density at radius 1 is 1.06 bits per heavy atom. The molecule has 1 atom stereocenters. The summed E-state index contributed by atoms with van der Waals surface area (Å²) in [4.78, 5) is 27.7. The fraction of sp³-hybridized carbons (Fsp3) is 0.0800. The zero-order chi connectivity index (χ0) is 23.4. The largest absolute Gasteiger partial charge is 0.319 e. The molecular weight excluding hydrogens is 461 g/mol. The van der Waals surface area contributed by atoms with Gasteiger partial charge in [-0.2, -0.15) is 5.26 Å². The van der Waals surface area contributed by atoms with Gasteiger partial charge in [0.1, 0.15) is 22.5 Å². The predicted octanol–water partition coefficient (Wildman–Crippen LogP) is 5.54. The van der Waals surface area contributed by atoms with Crippen LogP contribution in [0.1, 0.15) is 5.56 Å². The second-order valence-electron chi connectivity index (χ2n) is 7.17. The molecular formula is C25H17ClFN3O2S. The molecule has 1 aliphatic rings. The van der Waals surface area contributed by atoms with E-state index < -0.39 is 17.0 Å². The second kappa shape index (κ2) is 9.90. The molecule has 33 heavy (non-hydrogen) atoms. The fourth-order valence-electron chi connectivity index (χ4n) is 3.38. The van der Waals surface area contributed by atoms with Gasteiger partial charge in [0.25, 0.3) is 5.91 Å². The van der Waals surface area contributed by atoms with Gasteiger partial charge in [-0.1, -0.05) is 65.8 Å². The standard InChI is InChI=1S/C25H17ClFN3O2S/c26-17-12-10-16(11-13-17)14-22-24(32)30(18-6-2-1-3-7-18)25(33-22)19(15-28)23(31)29-21-9-5-4-8-20(21)27/h1-13,22H,14H2,(H,29,31). The molecule has 0 spiro atoms. The van der Waals surface area contributed by atoms with E-state index in [9.17, 15) is 19.2 Å². The first-order valence-electron chi connectivity index (χ1n) is 9.98. The van der Waals surface area contributed by atoms with Crippen LogP contribution in [0.2, 0.25) is 5.02 Å². The summed E-state index contributed by atoms with van der Waals surface area (Å²) in [6.07, 6.45) is 0.390. The number of para-hydroxylation sites is 2. The quantitative estimate of drug-likeness (QED) is 0.386. The average Bonchev–Trinajstić information content (AvgIpc) is 3.13. The van der Waals surface area contributed by atoms with Crippen molar-refractivity contribution < 1.29 is 14.0 Å². The van der Waals surface area contributed by atoms with E-state index in [1.54, 1.807) is 42.5 Å². The molecule has 0 saturated carbocycles. The molecule has 0 bridgehead atoms. The maximum atomic E-state index is 14.0. The molecule has 3 aromatic carbocycles. The highest BCUT2D eigenvalue weighted by Gasteiger charge is 2.40. The van der Waals surface area contributed by atoms with Gasteiger partial charge in [-0.25, -0.2) is 4.39 Å². The number of carbonyl (C=O) groups is 2. The molecule has 4 rings (SSSR count). The highest BCUT2D eigenvalue weighted by molar-refractivity contribution is 8.05. The number of nitrogens with zero attached hydrogens (tertiary/aromatic N) is 2. The monoisotopic (exact) mass is 477 g/mol. The van der Waals surface area contributed by atoms with E-state index >= 15 is 0 Å². The summed E-state index contributed by atoms with van der Waals surface area (Å²) in [5.41, 5.74) is 1.12. The first-order valence-corrected chi connectivity index (χ1v) is 11.2. The van der Waals surface area contributed by atoms with E-state index in [1.807, 2.05) is 24.3 Å². The van der Waals surface area contributed by atoms with E-state index in [2.05, 4.69) is 5.32 Å². The van der Waals surface area contributed by atoms with Gasteiger partial charge >= 0.3 is 0 Å². The Morgan fingerprint density at radius 3 is 2.39 bits per heavy atom. The number of nitriles is 1. The van der Waals surface area contributed by atoms with Gasteiger partial charge in [0.15, 0.2) is 0 Å². The van der Waals surface area contributed by atoms with E-state index in [1.165, 1.54) is 23.1 Å². The van der Waals surface area contributed by atoms with Crippen molar-refractivity contribution in [1.29, 1.82) is 5.26 Å². The lowest BCUT2D eigenvalue weighted by atomic mass is 10.1. The molecule has 0 aliphatic carbocycles. The van der Waals surface area contributed by atoms with Crippen LogP contribution >= 0.6 is 23.4 Å². The molecule has 8 heteroatoms. The number of anilines is 2. The Labute approximate surface area is 199 Å². The van der Waals surface area contributed by atoms with Crippen molar-refractivity contribution in [1.82, 2.24) is 0 Å². The minimum atomic E-state index is -0.786. The molecule has 1 N–H and O–H groups in total. The number of hydrogen-bond acceptors (Lipinski definition) is 4. The number of amides is 2. The molecule has 0 radical (unpaired) electrons. The summed E-state index contributed by atoms with van der Waals surface area (Å²) < 4.78 is 14.0. The van der Waals surface area contributed by atoms with E-state index in [0.717, 1.165) is 17.3 Å². The number of benzene rings is 3. The van der Waals surface area contributed by atoms with Gasteiger partial charge in [-0.15, -0.1) is 0 Å². The maximum Gasteiger partial charge on any atom is 0.269 e. The minimum Gasteiger partial charge on any atom is -0.319 e. The van der Waals surface area contributed by atoms with Gasteiger partial charge in [0.2, 0.25) is 5.91 Å². The predicted molar refractivity (Wildman–Crippen MR) is 128 cm³/mol. The van der Waals surface area contributed by atoms with Crippen LogP contribution in [0.15, 0.2) is 89.5 Å². The van der Waals surface area contributed by atoms with Crippen molar-refractivity contribution in [2.24, 2.45) is 0 Å². The number of rotatable bonds is 5. The molecule has 1 aliphatic heterocycles. The first-order chi connectivity index (χ1) is 16.0. The molecule has 1 heterocycles. The van der Waals surface area contributed by atoms with Gasteiger partial charge in [0.05, 0.1) is 10.9 Å². The molecule has 1 unspecified atom stereocenters. The van der Waals surface area contributed by atoms with Crippen molar-refractivity contribution in [2.75, 3.05) is 10.2 Å². The number of carbonyl (C=O) groups excluding carboxylic acids is 2. The zero-order valence-corrected chi connectivity index (χ0v) is 18.7. The van der Waals surface area contributed by atoms with Gasteiger partial charge in [-0.3, -0.25) is 14.5 Å². The van der Waals surface area contributed by atoms with Crippen molar-refractivity contribution in [3.05, 3.63) is 106 Å². The molecule has 2 amide bonds. The maximum absolute atomic E-state index is 14.0. The molecule has 3 aromatic rings. The Bertz CT molecular complexity index is 1270. The number of halogens is 2. The molecule has 1 saturated heterocycles. The third-order valence-corrected chi connectivity index (χ3v) is 6.49. The van der Waals surface area contributed by atoms with Crippen LogP contribution in [-0.4, -0.2) is 17.1 Å². The molecule has 0 aromatic heterocycles. The SMILES string of the molecule is N#CC(C(=O)Nc1ccccc1F)=C1SC(Cc2ccc(Cl)cc2)C(=O)N1c1ccccc1. The van der Waals surface area contributed by atoms with Gasteiger partial charge in [-0.05, 0) is 48.4 Å². The average molecular weight is 478 g/mol. The lowest BCUT2D eigenvalue weighted by Gasteiger charge is -2.18. The van der Waals surface area contributed by atoms with Crippen LogP contribution in [0.4, 0.5) is 15.8 Å². The van der Waals surface area contributed by atoms with Crippen molar-refractivity contribution in [3.8, 4) is 6.07 Å². The highest BCUT2D eigenvalue weighted by Crippen LogP contribution is 2.42. The lowest BCUT2D eigenvalue weighted by Crippen LogP contribution is -2.30. The summed E-state index contributed by atoms with van der Waals surface area (Å²) in [6, 6.07) is 23.5. The second-order valence-corrected chi connectivity index (χ2v) is 8.80. The Kier molecular flexibility index (Phi) is 6.78. The van der Waals surface area contributed by atoms with Crippen LogP contribution in [0.5, 0.6) is 0 Å². The van der Waals surface area contributed by atoms with Crippen molar-refractivity contribution in [2.45, 2.75) is 11.7 Å². The highest BCUT2D eigenvalue weighted by atomic mass is 35.5. The Hall–Kier alpha value is -3.60. The van der Waals surface area contributed by atoms with Crippen molar-refractivity contribution in [3.63, 3.8) is 0 Å². The van der Waals surface area contributed by atoms with Crippen LogP contribution in [0.3, 0.4) is 0 Å². The third kappa shape index (κ3) is 4.92. The third-order valence-electron chi connectivity index (χ3n) is 4.98. The Balaban J connectivity index is 1.72. The first kappa shape index (κ1) is 22.6. The van der Waals surface area contributed by atoms with E-state index in [0.29, 0.717) is 17.1 Å². The summed E-state index contributed by atoms with van der Waals surface area (Å²) in [7, 11) is 0. The smallest absolute Gasteiger partial charge is 0.269 e. The molecule has 5 nitrogen and oxygen atoms in total. The molecule has 1 fully saturated rings. The Morgan fingerprint density at radius 2 is 1.73 bits per heavy atom. The van der Waals surface area contributed by atoms with Crippen LogP contribution in [0.25, 0.3) is 0 Å². The normalized spacial score (nSPS) is 16.9. The van der Waals surface area contributed by atoms with Crippen LogP contribution < -0.4 is 10.2 Å². The van der Waals surface area contributed by atoms with Crippen LogP contribution in [0, 0.1) is 17.1 Å². The zero-order valence-electron chi connectivity index (χ0n) is 17.2. The van der Waals surface area contributed by atoms with Gasteiger partial charge in [0, 0.05) is 10.7 Å². The summed E-state index contributed by atoms with van der Waals surface area (Å²) >= 11 is 7.10. The van der Waals surface area contributed by atoms with Crippen molar-refractivity contribution >= 4 is 46.6 Å². The molecule has 164 valence electrons. The van der Waals surface area contributed by atoms with Crippen LogP contribution in [-0.2, 0) is 16.0 Å². The van der Waals surface area contributed by atoms with Gasteiger partial charge < -0.3 is 5.32 Å². The number of hydrogen-bond donors (Lipinski definition) is 1. The topological polar surface area (TPSA) is 73.2 Å². The summed E-state index contributed by atoms with van der Waals surface area (Å²) in [5.74, 6) is -1.66. The van der Waals surface area contributed by atoms with E-state index in [4.69, 9.17) is 11.6 Å². The fourth-order valence-corrected chi connectivity index (χ4v) is 4.82. The summed E-state index contributed by atoms with van der Waals surface area (Å²) in [6.45, 7) is 0. The summed E-state index contributed by atoms with van der Waals surface area (Å²) in [5, 5.41) is 12.5. The lowest BCUT2D eigenvalue weighted by molar-refractivity contribution is -0.117. The number of thioether (sulfide) groups is 1. The number of nitrogens with one attached hydrogen (secondary N) is 1. The minimum absolute atomic E-state index is 0.0471.